The van der Waals surface area contributed by atoms with Crippen LogP contribution in [-0.2, 0) is 9.59 Å². The third-order valence-electron chi connectivity index (χ3n) is 8.82. The largest absolute Gasteiger partial charge is 0.392 e. The van der Waals surface area contributed by atoms with Gasteiger partial charge in [0.2, 0.25) is 0 Å². The molecule has 0 aliphatic heterocycles. The van der Waals surface area contributed by atoms with Crippen LogP contribution in [-0.4, -0.2) is 44.7 Å². The Morgan fingerprint density at radius 3 is 2.42 bits per heavy atom. The predicted octanol–water partition coefficient (Wildman–Crippen LogP) is 1.78. The summed E-state index contributed by atoms with van der Waals surface area (Å²) in [6, 6.07) is 0. The van der Waals surface area contributed by atoms with E-state index in [0.717, 1.165) is 18.4 Å². The van der Waals surface area contributed by atoms with Crippen LogP contribution in [0.15, 0.2) is 11.6 Å². The van der Waals surface area contributed by atoms with Crippen LogP contribution in [0.25, 0.3) is 0 Å². The fourth-order valence-corrected chi connectivity index (χ4v) is 7.18. The molecule has 3 saturated carbocycles. The molecule has 3 N–H and O–H groups in total. The van der Waals surface area contributed by atoms with Crippen LogP contribution in [0.2, 0.25) is 0 Å². The maximum atomic E-state index is 12.2. The zero-order chi connectivity index (χ0) is 19.1. The first-order valence-electron chi connectivity index (χ1n) is 9.89. The van der Waals surface area contributed by atoms with Gasteiger partial charge in [0, 0.05) is 17.3 Å². The molecule has 0 saturated heterocycles. The van der Waals surface area contributed by atoms with Crippen LogP contribution in [0.5, 0.6) is 0 Å². The summed E-state index contributed by atoms with van der Waals surface area (Å²) in [5.41, 5.74) is -1.48. The summed E-state index contributed by atoms with van der Waals surface area (Å²) in [5, 5.41) is 33.0. The van der Waals surface area contributed by atoms with Gasteiger partial charge in [-0.2, -0.15) is 0 Å². The summed E-state index contributed by atoms with van der Waals surface area (Å²) in [6.07, 6.45) is 3.44. The molecule has 0 aromatic carbocycles. The quantitative estimate of drug-likeness (QED) is 0.661. The van der Waals surface area contributed by atoms with Crippen LogP contribution in [0.3, 0.4) is 0 Å². The maximum Gasteiger partial charge on any atom is 0.161 e. The van der Waals surface area contributed by atoms with Gasteiger partial charge >= 0.3 is 0 Å². The fraction of sp³-hybridized carbons (Fsp3) is 0.810. The van der Waals surface area contributed by atoms with Crippen molar-refractivity contribution in [1.82, 2.24) is 0 Å². The molecule has 144 valence electrons. The van der Waals surface area contributed by atoms with Crippen molar-refractivity contribution >= 4 is 11.6 Å². The van der Waals surface area contributed by atoms with Gasteiger partial charge in [-0.3, -0.25) is 9.59 Å². The first kappa shape index (κ1) is 18.3. The van der Waals surface area contributed by atoms with E-state index in [9.17, 15) is 24.9 Å². The van der Waals surface area contributed by atoms with Crippen molar-refractivity contribution in [3.05, 3.63) is 11.6 Å². The van der Waals surface area contributed by atoms with Gasteiger partial charge in [0.15, 0.2) is 11.6 Å². The van der Waals surface area contributed by atoms with Gasteiger partial charge in [-0.25, -0.2) is 0 Å². The van der Waals surface area contributed by atoms with Crippen LogP contribution in [0.4, 0.5) is 0 Å². The van der Waals surface area contributed by atoms with Gasteiger partial charge in [0.1, 0.15) is 5.60 Å². The molecule has 4 aliphatic carbocycles. The third kappa shape index (κ3) is 2.02. The second kappa shape index (κ2) is 5.49. The molecule has 8 atom stereocenters. The van der Waals surface area contributed by atoms with Gasteiger partial charge in [0.05, 0.1) is 12.2 Å². The van der Waals surface area contributed by atoms with Crippen molar-refractivity contribution in [1.29, 1.82) is 0 Å². The summed E-state index contributed by atoms with van der Waals surface area (Å²) in [6.45, 7) is 5.51. The SMILES string of the molecule is CC(=O)[C@@]1(O)CC[C@H]2[C@@H]3C(O)CC4=CC(=O)CC(O)[C@]4(C)[C@H]3CC[C@@]21C. The van der Waals surface area contributed by atoms with Gasteiger partial charge < -0.3 is 15.3 Å². The molecular weight excluding hydrogens is 332 g/mol. The summed E-state index contributed by atoms with van der Waals surface area (Å²) in [7, 11) is 0. The van der Waals surface area contributed by atoms with E-state index in [1.165, 1.54) is 6.92 Å². The smallest absolute Gasteiger partial charge is 0.161 e. The molecule has 3 fully saturated rings. The molecule has 0 bridgehead atoms. The zero-order valence-electron chi connectivity index (χ0n) is 15.9. The summed E-state index contributed by atoms with van der Waals surface area (Å²) < 4.78 is 0. The molecular formula is C21H30O5. The Labute approximate surface area is 154 Å². The molecule has 4 rings (SSSR count). The minimum absolute atomic E-state index is 0.0494. The molecule has 0 aromatic rings. The Morgan fingerprint density at radius 1 is 1.12 bits per heavy atom. The fourth-order valence-electron chi connectivity index (χ4n) is 7.18. The lowest BCUT2D eigenvalue weighted by Gasteiger charge is -2.61. The van der Waals surface area contributed by atoms with Crippen molar-refractivity contribution in [2.75, 3.05) is 0 Å². The highest BCUT2D eigenvalue weighted by Gasteiger charge is 2.67. The van der Waals surface area contributed by atoms with E-state index in [2.05, 4.69) is 0 Å². The van der Waals surface area contributed by atoms with Crippen LogP contribution in [0.1, 0.15) is 59.3 Å². The number of aliphatic hydroxyl groups excluding tert-OH is 2. The first-order valence-corrected chi connectivity index (χ1v) is 9.89. The Balaban J connectivity index is 1.77. The normalized spacial score (nSPS) is 53.4. The number of aliphatic hydroxyl groups is 3. The van der Waals surface area contributed by atoms with Crippen molar-refractivity contribution in [3.63, 3.8) is 0 Å². The van der Waals surface area contributed by atoms with Crippen LogP contribution >= 0.6 is 0 Å². The Hall–Kier alpha value is -1.04. The molecule has 0 spiro atoms. The minimum atomic E-state index is -1.32. The maximum absolute atomic E-state index is 12.2. The van der Waals surface area contributed by atoms with Crippen molar-refractivity contribution in [2.45, 2.75) is 77.1 Å². The van der Waals surface area contributed by atoms with E-state index in [1.807, 2.05) is 13.8 Å². The number of carbonyl (C=O) groups is 2. The molecule has 5 heteroatoms. The number of hydrogen-bond acceptors (Lipinski definition) is 5. The summed E-state index contributed by atoms with van der Waals surface area (Å²) >= 11 is 0. The topological polar surface area (TPSA) is 94.8 Å². The lowest BCUT2D eigenvalue weighted by molar-refractivity contribution is -0.176. The molecule has 0 amide bonds. The zero-order valence-corrected chi connectivity index (χ0v) is 15.9. The average Bonchev–Trinajstić information content (AvgIpc) is 2.83. The molecule has 2 unspecified atom stereocenters. The first-order chi connectivity index (χ1) is 12.1. The number of carbonyl (C=O) groups excluding carboxylic acids is 2. The highest BCUT2D eigenvalue weighted by Crippen LogP contribution is 2.67. The van der Waals surface area contributed by atoms with E-state index >= 15 is 0 Å². The summed E-state index contributed by atoms with van der Waals surface area (Å²) in [5.74, 6) is -0.196. The van der Waals surface area contributed by atoms with Crippen molar-refractivity contribution in [3.8, 4) is 0 Å². The summed E-state index contributed by atoms with van der Waals surface area (Å²) in [4.78, 5) is 24.2. The van der Waals surface area contributed by atoms with Gasteiger partial charge in [0.25, 0.3) is 0 Å². The molecule has 0 radical (unpaired) electrons. The van der Waals surface area contributed by atoms with E-state index in [4.69, 9.17) is 0 Å². The van der Waals surface area contributed by atoms with Crippen LogP contribution in [0, 0.1) is 28.6 Å². The average molecular weight is 362 g/mol. The predicted molar refractivity (Wildman–Crippen MR) is 95.1 cm³/mol. The number of fused-ring (bicyclic) bond motifs is 5. The monoisotopic (exact) mass is 362 g/mol. The molecule has 5 nitrogen and oxygen atoms in total. The third-order valence-corrected chi connectivity index (χ3v) is 8.82. The molecule has 4 aliphatic rings. The number of rotatable bonds is 1. The van der Waals surface area contributed by atoms with Gasteiger partial charge in [-0.05, 0) is 62.9 Å². The molecule has 26 heavy (non-hydrogen) atoms. The molecule has 0 heterocycles. The van der Waals surface area contributed by atoms with Gasteiger partial charge in [-0.1, -0.05) is 19.4 Å². The number of hydrogen-bond donors (Lipinski definition) is 3. The Morgan fingerprint density at radius 2 is 1.77 bits per heavy atom. The lowest BCUT2D eigenvalue weighted by Crippen LogP contribution is -2.62. The van der Waals surface area contributed by atoms with Gasteiger partial charge in [-0.15, -0.1) is 0 Å². The van der Waals surface area contributed by atoms with E-state index < -0.39 is 28.6 Å². The highest BCUT2D eigenvalue weighted by molar-refractivity contribution is 5.92. The van der Waals surface area contributed by atoms with E-state index in [1.54, 1.807) is 6.08 Å². The second-order valence-corrected chi connectivity index (χ2v) is 9.61. The Bertz CT molecular complexity index is 699. The van der Waals surface area contributed by atoms with E-state index in [-0.39, 0.29) is 35.7 Å². The Kier molecular flexibility index (Phi) is 3.87. The second-order valence-electron chi connectivity index (χ2n) is 9.61. The lowest BCUT2D eigenvalue weighted by atomic mass is 9.45. The van der Waals surface area contributed by atoms with Crippen molar-refractivity contribution in [2.24, 2.45) is 28.6 Å². The van der Waals surface area contributed by atoms with Crippen LogP contribution < -0.4 is 0 Å². The standard InChI is InChI=1S/C21H30O5/c1-11(22)21(26)7-5-14-18-15(4-6-19(14,21)2)20(3)12(9-16(18)24)8-13(23)10-17(20)25/h8,14-18,24-26H,4-7,9-10H2,1-3H3/t14-,15-,16?,17?,18-,19-,20-,21-/m0/s1. The number of ketones is 2. The highest BCUT2D eigenvalue weighted by atomic mass is 16.3. The van der Waals surface area contributed by atoms with Crippen molar-refractivity contribution < 1.29 is 24.9 Å². The number of Topliss-reactive ketones (excluding diaryl/α,β-unsaturated/α-hetero) is 1. The van der Waals surface area contributed by atoms with E-state index in [0.29, 0.717) is 19.3 Å². The molecule has 0 aromatic heterocycles. The minimum Gasteiger partial charge on any atom is -0.392 e.